The second kappa shape index (κ2) is 8.45. The Hall–Kier alpha value is -1.40. The average molecular weight is 338 g/mol. The fraction of sp³-hybridized carbons (Fsp3) is 0.588. The van der Waals surface area contributed by atoms with Crippen molar-refractivity contribution in [2.45, 2.75) is 32.4 Å². The Morgan fingerprint density at radius 1 is 1.43 bits per heavy atom. The van der Waals surface area contributed by atoms with Crippen LogP contribution in [0.1, 0.15) is 31.1 Å². The van der Waals surface area contributed by atoms with Crippen molar-refractivity contribution in [2.24, 2.45) is 0 Å². The van der Waals surface area contributed by atoms with E-state index in [1.165, 1.54) is 5.56 Å². The van der Waals surface area contributed by atoms with Gasteiger partial charge in [-0.3, -0.25) is 4.21 Å². The van der Waals surface area contributed by atoms with Crippen LogP contribution < -0.4 is 5.32 Å². The van der Waals surface area contributed by atoms with E-state index >= 15 is 0 Å². The van der Waals surface area contributed by atoms with Crippen LogP contribution in [0.5, 0.6) is 0 Å². The van der Waals surface area contributed by atoms with Gasteiger partial charge in [0.15, 0.2) is 0 Å². The van der Waals surface area contributed by atoms with Crippen LogP contribution in [0.25, 0.3) is 0 Å². The number of rotatable bonds is 5. The van der Waals surface area contributed by atoms with Gasteiger partial charge in [0, 0.05) is 35.4 Å². The topological polar surface area (TPSA) is 58.6 Å². The molecule has 0 spiro atoms. The van der Waals surface area contributed by atoms with Crippen molar-refractivity contribution in [3.05, 3.63) is 35.4 Å². The highest BCUT2D eigenvalue weighted by atomic mass is 32.2. The van der Waals surface area contributed by atoms with E-state index in [9.17, 15) is 9.00 Å². The van der Waals surface area contributed by atoms with Crippen molar-refractivity contribution < 1.29 is 13.7 Å². The van der Waals surface area contributed by atoms with Crippen LogP contribution in [0.15, 0.2) is 24.3 Å². The smallest absolute Gasteiger partial charge is 0.317 e. The zero-order valence-corrected chi connectivity index (χ0v) is 14.9. The first kappa shape index (κ1) is 17.9. The van der Waals surface area contributed by atoms with Gasteiger partial charge in [0.05, 0.1) is 13.2 Å². The first-order valence-electron chi connectivity index (χ1n) is 8.05. The summed E-state index contributed by atoms with van der Waals surface area (Å²) in [5, 5.41) is 2.91. The molecule has 1 fully saturated rings. The fourth-order valence-corrected chi connectivity index (χ4v) is 3.49. The summed E-state index contributed by atoms with van der Waals surface area (Å²) >= 11 is 0. The molecule has 1 aliphatic heterocycles. The molecule has 0 saturated carbocycles. The summed E-state index contributed by atoms with van der Waals surface area (Å²) in [6, 6.07) is 8.16. The van der Waals surface area contributed by atoms with Gasteiger partial charge in [0.2, 0.25) is 0 Å². The van der Waals surface area contributed by atoms with Gasteiger partial charge in [-0.2, -0.15) is 0 Å². The summed E-state index contributed by atoms with van der Waals surface area (Å²) in [5.74, 6) is 0.470. The number of aryl methyl sites for hydroxylation is 1. The first-order valence-corrected chi connectivity index (χ1v) is 9.78. The molecule has 1 aromatic rings. The molecule has 1 N–H and O–H groups in total. The maximum Gasteiger partial charge on any atom is 0.317 e. The quantitative estimate of drug-likeness (QED) is 0.894. The summed E-state index contributed by atoms with van der Waals surface area (Å²) < 4.78 is 17.0. The van der Waals surface area contributed by atoms with E-state index < -0.39 is 10.8 Å². The molecule has 0 aliphatic carbocycles. The van der Waals surface area contributed by atoms with Gasteiger partial charge in [0.1, 0.15) is 6.10 Å². The molecule has 23 heavy (non-hydrogen) atoms. The van der Waals surface area contributed by atoms with Gasteiger partial charge in [0.25, 0.3) is 0 Å². The zero-order chi connectivity index (χ0) is 16.8. The van der Waals surface area contributed by atoms with Crippen molar-refractivity contribution in [1.82, 2.24) is 10.2 Å². The monoisotopic (exact) mass is 338 g/mol. The van der Waals surface area contributed by atoms with Gasteiger partial charge in [-0.25, -0.2) is 4.79 Å². The lowest BCUT2D eigenvalue weighted by atomic mass is 10.0. The maximum atomic E-state index is 12.3. The number of nitrogens with one attached hydrogen (secondary N) is 1. The Kier molecular flexibility index (Phi) is 6.59. The molecule has 1 saturated heterocycles. The molecule has 3 atom stereocenters. The highest BCUT2D eigenvalue weighted by Gasteiger charge is 2.26. The molecule has 0 unspecified atom stereocenters. The van der Waals surface area contributed by atoms with Gasteiger partial charge in [-0.05, 0) is 24.5 Å². The summed E-state index contributed by atoms with van der Waals surface area (Å²) in [6.45, 7) is 5.65. The van der Waals surface area contributed by atoms with Gasteiger partial charge in [-0.1, -0.05) is 31.2 Å². The van der Waals surface area contributed by atoms with Gasteiger partial charge < -0.3 is 15.0 Å². The van der Waals surface area contributed by atoms with Crippen molar-refractivity contribution in [3.63, 3.8) is 0 Å². The lowest BCUT2D eigenvalue weighted by Gasteiger charge is -2.34. The van der Waals surface area contributed by atoms with Crippen LogP contribution >= 0.6 is 0 Å². The standard InChI is InChI=1S/C17H26N2O3S/c1-4-14-5-7-15(8-6-14)16-11-19(9-10-22-16)17(20)18-13(2)12-23(3)21/h5-8,13,16H,4,9-12H2,1-3H3,(H,18,20)/t13-,16-,23+/m0/s1. The molecule has 1 aromatic carbocycles. The lowest BCUT2D eigenvalue weighted by Crippen LogP contribution is -2.50. The summed E-state index contributed by atoms with van der Waals surface area (Å²) in [4.78, 5) is 14.1. The molecule has 2 rings (SSSR count). The number of hydrogen-bond acceptors (Lipinski definition) is 3. The largest absolute Gasteiger partial charge is 0.370 e. The van der Waals surface area contributed by atoms with Crippen molar-refractivity contribution in [1.29, 1.82) is 0 Å². The van der Waals surface area contributed by atoms with E-state index in [0.717, 1.165) is 12.0 Å². The third-order valence-electron chi connectivity index (χ3n) is 3.97. The van der Waals surface area contributed by atoms with E-state index in [0.29, 0.717) is 25.4 Å². The Labute approximate surface area is 140 Å². The third kappa shape index (κ3) is 5.32. The number of benzene rings is 1. The minimum Gasteiger partial charge on any atom is -0.370 e. The lowest BCUT2D eigenvalue weighted by molar-refractivity contribution is -0.0156. The molecular weight excluding hydrogens is 312 g/mol. The Bertz CT molecular complexity index is 547. The van der Waals surface area contributed by atoms with Gasteiger partial charge >= 0.3 is 6.03 Å². The number of nitrogens with zero attached hydrogens (tertiary/aromatic N) is 1. The molecule has 0 bridgehead atoms. The summed E-state index contributed by atoms with van der Waals surface area (Å²) in [7, 11) is -0.915. The van der Waals surface area contributed by atoms with Crippen LogP contribution in [0.3, 0.4) is 0 Å². The molecular formula is C17H26N2O3S. The van der Waals surface area contributed by atoms with E-state index in [4.69, 9.17) is 4.74 Å². The fourth-order valence-electron chi connectivity index (χ4n) is 2.70. The van der Waals surface area contributed by atoms with Gasteiger partial charge in [-0.15, -0.1) is 0 Å². The number of urea groups is 1. The maximum absolute atomic E-state index is 12.3. The van der Waals surface area contributed by atoms with E-state index in [-0.39, 0.29) is 18.2 Å². The molecule has 0 radical (unpaired) electrons. The first-order chi connectivity index (χ1) is 11.0. The van der Waals surface area contributed by atoms with Crippen molar-refractivity contribution in [3.8, 4) is 0 Å². The second-order valence-electron chi connectivity index (χ2n) is 5.99. The van der Waals surface area contributed by atoms with Crippen LogP contribution in [0, 0.1) is 0 Å². The molecule has 0 aromatic heterocycles. The Morgan fingerprint density at radius 3 is 2.74 bits per heavy atom. The zero-order valence-electron chi connectivity index (χ0n) is 14.1. The molecule has 1 aliphatic rings. The third-order valence-corrected chi connectivity index (χ3v) is 4.94. The van der Waals surface area contributed by atoms with Crippen LogP contribution in [-0.4, -0.2) is 52.9 Å². The number of carbonyl (C=O) groups is 1. The highest BCUT2D eigenvalue weighted by Crippen LogP contribution is 2.22. The average Bonchev–Trinajstić information content (AvgIpc) is 2.54. The summed E-state index contributed by atoms with van der Waals surface area (Å²) in [5.41, 5.74) is 2.39. The van der Waals surface area contributed by atoms with Crippen molar-refractivity contribution >= 4 is 16.8 Å². The Morgan fingerprint density at radius 2 is 2.13 bits per heavy atom. The summed E-state index contributed by atoms with van der Waals surface area (Å²) in [6.07, 6.45) is 2.57. The van der Waals surface area contributed by atoms with Crippen LogP contribution in [0.2, 0.25) is 0 Å². The number of hydrogen-bond donors (Lipinski definition) is 1. The molecule has 128 valence electrons. The number of ether oxygens (including phenoxy) is 1. The van der Waals surface area contributed by atoms with E-state index in [1.807, 2.05) is 6.92 Å². The normalized spacial score (nSPS) is 20.8. The highest BCUT2D eigenvalue weighted by molar-refractivity contribution is 7.84. The molecule has 2 amide bonds. The van der Waals surface area contributed by atoms with Crippen LogP contribution in [-0.2, 0) is 22.0 Å². The van der Waals surface area contributed by atoms with Crippen molar-refractivity contribution in [2.75, 3.05) is 31.7 Å². The van der Waals surface area contributed by atoms with Crippen LogP contribution in [0.4, 0.5) is 4.79 Å². The minimum atomic E-state index is -0.915. The number of carbonyl (C=O) groups excluding carboxylic acids is 1. The van der Waals surface area contributed by atoms with E-state index in [2.05, 4.69) is 36.5 Å². The second-order valence-corrected chi connectivity index (χ2v) is 7.47. The molecule has 6 heteroatoms. The molecule has 5 nitrogen and oxygen atoms in total. The number of morpholine rings is 1. The SMILES string of the molecule is CCc1ccc([C@@H]2CN(C(=O)N[C@@H](C)C[S@@](C)=O)CCO2)cc1. The minimum absolute atomic E-state index is 0.0870. The number of amides is 2. The predicted octanol–water partition coefficient (Wildman–Crippen LogP) is 2.10. The van der Waals surface area contributed by atoms with E-state index in [1.54, 1.807) is 11.2 Å². The Balaban J connectivity index is 1.94. The predicted molar refractivity (Wildman–Crippen MR) is 93.0 cm³/mol. The molecule has 1 heterocycles.